The van der Waals surface area contributed by atoms with Crippen LogP contribution in [0.15, 0.2) is 29.2 Å². The lowest BCUT2D eigenvalue weighted by molar-refractivity contribution is 0.327. The van der Waals surface area contributed by atoms with E-state index in [1.54, 1.807) is 12.3 Å². The third-order valence-electron chi connectivity index (χ3n) is 4.91. The Morgan fingerprint density at radius 3 is 2.88 bits per heavy atom. The summed E-state index contributed by atoms with van der Waals surface area (Å²) in [7, 11) is 0. The molecule has 3 rings (SSSR count). The van der Waals surface area contributed by atoms with Gasteiger partial charge in [0.1, 0.15) is 11.6 Å². The lowest BCUT2D eigenvalue weighted by Crippen LogP contribution is -2.27. The van der Waals surface area contributed by atoms with Crippen LogP contribution in [0.2, 0.25) is 0 Å². The summed E-state index contributed by atoms with van der Waals surface area (Å²) in [4.78, 5) is 23.5. The molecule has 0 spiro atoms. The average Bonchev–Trinajstić information content (AvgIpc) is 2.62. The first-order valence-electron chi connectivity index (χ1n) is 9.01. The number of aromatic nitrogens is 3. The predicted molar refractivity (Wildman–Crippen MR) is 97.1 cm³/mol. The van der Waals surface area contributed by atoms with Crippen molar-refractivity contribution in [1.82, 2.24) is 15.0 Å². The molecule has 5 heteroatoms. The fourth-order valence-electron chi connectivity index (χ4n) is 3.45. The van der Waals surface area contributed by atoms with Gasteiger partial charge in [-0.05, 0) is 37.3 Å². The second-order valence-corrected chi connectivity index (χ2v) is 6.65. The second-order valence-electron chi connectivity index (χ2n) is 6.65. The van der Waals surface area contributed by atoms with E-state index in [1.807, 2.05) is 19.1 Å². The monoisotopic (exact) mass is 326 g/mol. The number of nitrogens with one attached hydrogen (secondary N) is 2. The van der Waals surface area contributed by atoms with Gasteiger partial charge in [0.05, 0.1) is 0 Å². The van der Waals surface area contributed by atoms with Gasteiger partial charge in [0.2, 0.25) is 0 Å². The molecule has 128 valence electrons. The smallest absolute Gasteiger partial charge is 0.251 e. The molecule has 24 heavy (non-hydrogen) atoms. The standard InChI is InChI=1S/C19H26N4O/c1-3-13-6-5-7-16(10-13)21-17-9-8-14(12-20-17)19-22-15(4-2)11-18(24)23-19/h8-9,11-13,16H,3-7,10H2,1-2H3,(H,20,21)(H,22,23,24). The van der Waals surface area contributed by atoms with Crippen molar-refractivity contribution in [2.24, 2.45) is 5.92 Å². The van der Waals surface area contributed by atoms with E-state index in [-0.39, 0.29) is 5.56 Å². The average molecular weight is 326 g/mol. The van der Waals surface area contributed by atoms with Crippen molar-refractivity contribution < 1.29 is 0 Å². The number of hydrogen-bond donors (Lipinski definition) is 2. The Morgan fingerprint density at radius 1 is 1.29 bits per heavy atom. The number of rotatable bonds is 5. The molecule has 0 aromatic carbocycles. The van der Waals surface area contributed by atoms with Crippen molar-refractivity contribution in [2.45, 2.75) is 58.4 Å². The third kappa shape index (κ3) is 4.02. The summed E-state index contributed by atoms with van der Waals surface area (Å²) >= 11 is 0. The van der Waals surface area contributed by atoms with E-state index < -0.39 is 0 Å². The number of pyridine rings is 1. The first-order valence-corrected chi connectivity index (χ1v) is 9.01. The van der Waals surface area contributed by atoms with E-state index in [4.69, 9.17) is 0 Å². The van der Waals surface area contributed by atoms with Crippen LogP contribution in [0.5, 0.6) is 0 Å². The number of aromatic amines is 1. The van der Waals surface area contributed by atoms with E-state index in [1.165, 1.54) is 32.1 Å². The van der Waals surface area contributed by atoms with Crippen molar-refractivity contribution in [1.29, 1.82) is 0 Å². The van der Waals surface area contributed by atoms with Crippen LogP contribution in [0.1, 0.15) is 51.6 Å². The number of aryl methyl sites for hydroxylation is 1. The van der Waals surface area contributed by atoms with Gasteiger partial charge in [-0.1, -0.05) is 33.1 Å². The van der Waals surface area contributed by atoms with Gasteiger partial charge < -0.3 is 10.3 Å². The number of nitrogens with zero attached hydrogens (tertiary/aromatic N) is 2. The Kier molecular flexibility index (Phi) is 5.28. The van der Waals surface area contributed by atoms with Crippen LogP contribution in [-0.4, -0.2) is 21.0 Å². The van der Waals surface area contributed by atoms with Gasteiger partial charge in [-0.2, -0.15) is 0 Å². The molecule has 2 aromatic rings. The van der Waals surface area contributed by atoms with Gasteiger partial charge in [0.25, 0.3) is 5.56 Å². The maximum atomic E-state index is 11.7. The largest absolute Gasteiger partial charge is 0.367 e. The Hall–Kier alpha value is -2.17. The van der Waals surface area contributed by atoms with Gasteiger partial charge >= 0.3 is 0 Å². The van der Waals surface area contributed by atoms with Crippen LogP contribution in [0.4, 0.5) is 5.82 Å². The van der Waals surface area contributed by atoms with Crippen LogP contribution in [0.25, 0.3) is 11.4 Å². The van der Waals surface area contributed by atoms with Crippen LogP contribution in [0, 0.1) is 5.92 Å². The highest BCUT2D eigenvalue weighted by Crippen LogP contribution is 2.28. The SMILES string of the molecule is CCc1cc(=O)[nH]c(-c2ccc(NC3CCCC(CC)C3)nc2)n1. The van der Waals surface area contributed by atoms with E-state index in [9.17, 15) is 4.79 Å². The summed E-state index contributed by atoms with van der Waals surface area (Å²) in [5, 5.41) is 3.55. The highest BCUT2D eigenvalue weighted by Gasteiger charge is 2.20. The zero-order valence-electron chi connectivity index (χ0n) is 14.5. The van der Waals surface area contributed by atoms with Crippen molar-refractivity contribution in [3.8, 4) is 11.4 Å². The molecular weight excluding hydrogens is 300 g/mol. The second kappa shape index (κ2) is 7.60. The van der Waals surface area contributed by atoms with Crippen LogP contribution < -0.4 is 10.9 Å². The Labute approximate surface area is 143 Å². The summed E-state index contributed by atoms with van der Waals surface area (Å²) < 4.78 is 0. The molecule has 0 bridgehead atoms. The predicted octanol–water partition coefficient (Wildman–Crippen LogP) is 3.78. The highest BCUT2D eigenvalue weighted by atomic mass is 16.1. The molecule has 2 unspecified atom stereocenters. The van der Waals surface area contributed by atoms with Gasteiger partial charge in [0, 0.05) is 29.6 Å². The molecule has 0 radical (unpaired) electrons. The van der Waals surface area contributed by atoms with Crippen molar-refractivity contribution in [3.05, 3.63) is 40.4 Å². The summed E-state index contributed by atoms with van der Waals surface area (Å²) in [6, 6.07) is 6.00. The van der Waals surface area contributed by atoms with Crippen molar-refractivity contribution in [3.63, 3.8) is 0 Å². The van der Waals surface area contributed by atoms with Crippen LogP contribution in [0.3, 0.4) is 0 Å². The van der Waals surface area contributed by atoms with Gasteiger partial charge in [-0.15, -0.1) is 0 Å². The van der Waals surface area contributed by atoms with Crippen LogP contribution >= 0.6 is 0 Å². The third-order valence-corrected chi connectivity index (χ3v) is 4.91. The number of anilines is 1. The topological polar surface area (TPSA) is 70.7 Å². The Balaban J connectivity index is 1.71. The normalized spacial score (nSPS) is 20.8. The number of hydrogen-bond acceptors (Lipinski definition) is 4. The lowest BCUT2D eigenvalue weighted by Gasteiger charge is -2.29. The van der Waals surface area contributed by atoms with Gasteiger partial charge in [-0.25, -0.2) is 9.97 Å². The molecule has 1 fully saturated rings. The molecule has 2 atom stereocenters. The van der Waals surface area contributed by atoms with Gasteiger partial charge in [0.15, 0.2) is 0 Å². The quantitative estimate of drug-likeness (QED) is 0.877. The molecule has 2 aromatic heterocycles. The Bertz CT molecular complexity index is 723. The van der Waals surface area contributed by atoms with E-state index in [2.05, 4.69) is 27.2 Å². The minimum absolute atomic E-state index is 0.119. The zero-order valence-corrected chi connectivity index (χ0v) is 14.5. The van der Waals surface area contributed by atoms with Crippen molar-refractivity contribution in [2.75, 3.05) is 5.32 Å². The summed E-state index contributed by atoms with van der Waals surface area (Å²) in [5.74, 6) is 2.32. The van der Waals surface area contributed by atoms with Crippen LogP contribution in [-0.2, 0) is 6.42 Å². The maximum absolute atomic E-state index is 11.7. The molecule has 1 saturated carbocycles. The molecule has 0 amide bonds. The fourth-order valence-corrected chi connectivity index (χ4v) is 3.45. The summed E-state index contributed by atoms with van der Waals surface area (Å²) in [6.45, 7) is 4.27. The minimum atomic E-state index is -0.119. The molecule has 0 saturated heterocycles. The first-order chi connectivity index (χ1) is 11.7. The molecular formula is C19H26N4O. The highest BCUT2D eigenvalue weighted by molar-refractivity contribution is 5.56. The summed E-state index contributed by atoms with van der Waals surface area (Å²) in [5.41, 5.74) is 1.51. The Morgan fingerprint density at radius 2 is 2.17 bits per heavy atom. The minimum Gasteiger partial charge on any atom is -0.367 e. The van der Waals surface area contributed by atoms with Gasteiger partial charge in [-0.3, -0.25) is 4.79 Å². The molecule has 0 aliphatic heterocycles. The molecule has 2 heterocycles. The maximum Gasteiger partial charge on any atom is 0.251 e. The number of H-pyrrole nitrogens is 1. The molecule has 2 N–H and O–H groups in total. The fraction of sp³-hybridized carbons (Fsp3) is 0.526. The zero-order chi connectivity index (χ0) is 16.9. The van der Waals surface area contributed by atoms with Crippen molar-refractivity contribution >= 4 is 5.82 Å². The summed E-state index contributed by atoms with van der Waals surface area (Å²) in [6.07, 6.45) is 8.87. The molecule has 1 aliphatic carbocycles. The van der Waals surface area contributed by atoms with E-state index in [0.29, 0.717) is 11.9 Å². The molecule has 1 aliphatic rings. The van der Waals surface area contributed by atoms with E-state index in [0.717, 1.165) is 29.4 Å². The van der Waals surface area contributed by atoms with E-state index >= 15 is 0 Å². The lowest BCUT2D eigenvalue weighted by atomic mass is 9.84. The molecule has 5 nitrogen and oxygen atoms in total. The first kappa shape index (κ1) is 16.7.